The third-order valence-corrected chi connectivity index (χ3v) is 5.78. The maximum Gasteiger partial charge on any atom is 0.313 e. The first kappa shape index (κ1) is 16.3. The summed E-state index contributed by atoms with van der Waals surface area (Å²) >= 11 is 0. The summed E-state index contributed by atoms with van der Waals surface area (Å²) < 4.78 is 22.3. The molecule has 0 amide bonds. The highest BCUT2D eigenvalue weighted by Crippen LogP contribution is 2.65. The van der Waals surface area contributed by atoms with Crippen molar-refractivity contribution in [3.05, 3.63) is 47.0 Å². The molecule has 2 aromatic rings. The normalized spacial score (nSPS) is 30.0. The number of carbonyl (C=O) groups excluding carboxylic acids is 1. The molecule has 2 fully saturated rings. The van der Waals surface area contributed by atoms with E-state index in [1.54, 1.807) is 24.3 Å². The van der Waals surface area contributed by atoms with Gasteiger partial charge in [-0.25, -0.2) is 0 Å². The molecule has 0 aromatic heterocycles. The van der Waals surface area contributed by atoms with E-state index in [-0.39, 0.29) is 29.5 Å². The van der Waals surface area contributed by atoms with Gasteiger partial charge in [0.25, 0.3) is 0 Å². The summed E-state index contributed by atoms with van der Waals surface area (Å²) in [5, 5.41) is 20.0. The molecule has 0 saturated carbocycles. The largest absolute Gasteiger partial charge is 0.504 e. The number of benzene rings is 2. The predicted octanol–water partition coefficient (Wildman–Crippen LogP) is 2.77. The Labute approximate surface area is 155 Å². The Morgan fingerprint density at radius 1 is 0.889 bits per heavy atom. The van der Waals surface area contributed by atoms with E-state index in [1.165, 1.54) is 20.3 Å². The van der Waals surface area contributed by atoms with Gasteiger partial charge in [0.2, 0.25) is 0 Å². The monoisotopic (exact) mass is 370 g/mol. The number of fused-ring (bicyclic) bond motifs is 3. The minimum atomic E-state index is -0.510. The van der Waals surface area contributed by atoms with Crippen molar-refractivity contribution in [1.82, 2.24) is 0 Å². The maximum absolute atomic E-state index is 12.6. The standard InChI is InChI=1S/C20H18O7/c1-24-13-5-8(3-4-11(13)21)17-16-15-18(26-17)9-6-12(22)14(25-2)7-10(9)19(15)27-20(16)23/h3-7,15-19,21-22H,1-2H3/t15-,16+,17-,18-,19+/m0/s1. The Hall–Kier alpha value is -2.93. The molecule has 27 heavy (non-hydrogen) atoms. The van der Waals surface area contributed by atoms with E-state index in [0.29, 0.717) is 11.5 Å². The molecule has 140 valence electrons. The van der Waals surface area contributed by atoms with Gasteiger partial charge in [-0.2, -0.15) is 0 Å². The third kappa shape index (κ3) is 2.09. The molecule has 5 atom stereocenters. The van der Waals surface area contributed by atoms with Crippen LogP contribution < -0.4 is 9.47 Å². The highest BCUT2D eigenvalue weighted by Gasteiger charge is 2.63. The number of phenols is 2. The van der Waals surface area contributed by atoms with Gasteiger partial charge in [0, 0.05) is 11.5 Å². The third-order valence-electron chi connectivity index (χ3n) is 5.78. The molecule has 2 heterocycles. The second-order valence-electron chi connectivity index (χ2n) is 7.02. The molecule has 2 saturated heterocycles. The summed E-state index contributed by atoms with van der Waals surface area (Å²) in [7, 11) is 2.95. The van der Waals surface area contributed by atoms with Crippen molar-refractivity contribution in [2.75, 3.05) is 14.2 Å². The first-order valence-corrected chi connectivity index (χ1v) is 8.67. The van der Waals surface area contributed by atoms with E-state index in [1.807, 2.05) is 0 Å². The van der Waals surface area contributed by atoms with Crippen molar-refractivity contribution in [1.29, 1.82) is 0 Å². The maximum atomic E-state index is 12.6. The molecule has 5 rings (SSSR count). The van der Waals surface area contributed by atoms with Crippen LogP contribution in [0.3, 0.4) is 0 Å². The first-order valence-electron chi connectivity index (χ1n) is 8.67. The van der Waals surface area contributed by atoms with E-state index < -0.39 is 18.1 Å². The van der Waals surface area contributed by atoms with E-state index in [9.17, 15) is 15.0 Å². The van der Waals surface area contributed by atoms with E-state index in [0.717, 1.165) is 16.7 Å². The fourth-order valence-corrected chi connectivity index (χ4v) is 4.60. The average molecular weight is 370 g/mol. The number of ether oxygens (including phenoxy) is 4. The molecular formula is C20H18O7. The summed E-state index contributed by atoms with van der Waals surface area (Å²) in [5.74, 6) is -0.223. The number of rotatable bonds is 3. The number of hydrogen-bond acceptors (Lipinski definition) is 7. The molecule has 3 aliphatic rings. The van der Waals surface area contributed by atoms with Crippen molar-refractivity contribution in [2.45, 2.75) is 18.3 Å². The minimum absolute atomic E-state index is 0.0219. The highest BCUT2D eigenvalue weighted by molar-refractivity contribution is 5.79. The first-order chi connectivity index (χ1) is 13.0. The quantitative estimate of drug-likeness (QED) is 0.802. The molecule has 7 heteroatoms. The number of esters is 1. The molecule has 0 radical (unpaired) electrons. The van der Waals surface area contributed by atoms with Gasteiger partial charge in [-0.05, 0) is 35.4 Å². The van der Waals surface area contributed by atoms with Crippen molar-refractivity contribution in [3.8, 4) is 23.0 Å². The van der Waals surface area contributed by atoms with Gasteiger partial charge < -0.3 is 29.2 Å². The van der Waals surface area contributed by atoms with Crippen LogP contribution >= 0.6 is 0 Å². The smallest absolute Gasteiger partial charge is 0.313 e. The van der Waals surface area contributed by atoms with Gasteiger partial charge >= 0.3 is 5.97 Å². The van der Waals surface area contributed by atoms with Crippen LogP contribution in [0.2, 0.25) is 0 Å². The molecule has 0 bridgehead atoms. The van der Waals surface area contributed by atoms with Gasteiger partial charge in [-0.15, -0.1) is 0 Å². The van der Waals surface area contributed by atoms with Crippen molar-refractivity contribution in [2.24, 2.45) is 11.8 Å². The van der Waals surface area contributed by atoms with Gasteiger partial charge in [-0.3, -0.25) is 4.79 Å². The van der Waals surface area contributed by atoms with Crippen LogP contribution in [-0.4, -0.2) is 30.4 Å². The number of aromatic hydroxyl groups is 2. The predicted molar refractivity (Wildman–Crippen MR) is 91.7 cm³/mol. The zero-order valence-corrected chi connectivity index (χ0v) is 14.7. The second kappa shape index (κ2) is 5.53. The zero-order chi connectivity index (χ0) is 18.9. The number of carbonyl (C=O) groups is 1. The summed E-state index contributed by atoms with van der Waals surface area (Å²) in [4.78, 5) is 12.6. The van der Waals surface area contributed by atoms with Crippen molar-refractivity contribution >= 4 is 5.97 Å². The van der Waals surface area contributed by atoms with E-state index >= 15 is 0 Å². The Balaban J connectivity index is 1.59. The van der Waals surface area contributed by atoms with E-state index in [2.05, 4.69) is 0 Å². The summed E-state index contributed by atoms with van der Waals surface area (Å²) in [6.07, 6.45) is -1.28. The molecular weight excluding hydrogens is 352 g/mol. The lowest BCUT2D eigenvalue weighted by molar-refractivity contribution is -0.148. The fraction of sp³-hybridized carbons (Fsp3) is 0.350. The number of phenolic OH excluding ortho intramolecular Hbond substituents is 2. The van der Waals surface area contributed by atoms with Gasteiger partial charge in [-0.1, -0.05) is 6.07 Å². The Bertz CT molecular complexity index is 954. The molecule has 0 spiro atoms. The second-order valence-corrected chi connectivity index (χ2v) is 7.02. The Morgan fingerprint density at radius 3 is 2.33 bits per heavy atom. The van der Waals surface area contributed by atoms with Crippen molar-refractivity contribution < 1.29 is 34.0 Å². The minimum Gasteiger partial charge on any atom is -0.504 e. The fourth-order valence-electron chi connectivity index (χ4n) is 4.60. The zero-order valence-electron chi connectivity index (χ0n) is 14.7. The van der Waals surface area contributed by atoms with Crippen LogP contribution in [0.4, 0.5) is 0 Å². The van der Waals surface area contributed by atoms with Crippen molar-refractivity contribution in [3.63, 3.8) is 0 Å². The summed E-state index contributed by atoms with van der Waals surface area (Å²) in [6.45, 7) is 0. The van der Waals surface area contributed by atoms with Crippen LogP contribution in [0, 0.1) is 11.8 Å². The Morgan fingerprint density at radius 2 is 1.59 bits per heavy atom. The van der Waals surface area contributed by atoms with Crippen LogP contribution in [-0.2, 0) is 14.3 Å². The Kier molecular flexibility index (Phi) is 3.33. The number of hydrogen-bond donors (Lipinski definition) is 2. The lowest BCUT2D eigenvalue weighted by Gasteiger charge is -2.17. The average Bonchev–Trinajstić information content (AvgIpc) is 3.29. The topological polar surface area (TPSA) is 94.5 Å². The number of methoxy groups -OCH3 is 2. The van der Waals surface area contributed by atoms with Crippen LogP contribution in [0.25, 0.3) is 0 Å². The van der Waals surface area contributed by atoms with Gasteiger partial charge in [0.15, 0.2) is 23.0 Å². The van der Waals surface area contributed by atoms with E-state index in [4.69, 9.17) is 18.9 Å². The molecule has 2 aliphatic heterocycles. The van der Waals surface area contributed by atoms with Crippen LogP contribution in [0.5, 0.6) is 23.0 Å². The lowest BCUT2D eigenvalue weighted by atomic mass is 9.85. The molecule has 2 aromatic carbocycles. The van der Waals surface area contributed by atoms with Gasteiger partial charge in [0.1, 0.15) is 6.10 Å². The summed E-state index contributed by atoms with van der Waals surface area (Å²) in [6, 6.07) is 8.26. The SMILES string of the molecule is COc1cc([C@@H]2O[C@H]3c4cc(O)c(OC)cc4[C@H]4OC(=O)[C@@H]2[C@H]43)ccc1O. The van der Waals surface area contributed by atoms with Crippen LogP contribution in [0.1, 0.15) is 35.0 Å². The molecule has 7 nitrogen and oxygen atoms in total. The molecule has 0 unspecified atom stereocenters. The molecule has 2 N–H and O–H groups in total. The summed E-state index contributed by atoms with van der Waals surface area (Å²) in [5.41, 5.74) is 2.37. The highest BCUT2D eigenvalue weighted by atomic mass is 16.6. The lowest BCUT2D eigenvalue weighted by Crippen LogP contribution is -2.17. The van der Waals surface area contributed by atoms with Crippen LogP contribution in [0.15, 0.2) is 30.3 Å². The molecule has 1 aliphatic carbocycles. The van der Waals surface area contributed by atoms with Gasteiger partial charge in [0.05, 0.1) is 32.3 Å².